The second-order valence-electron chi connectivity index (χ2n) is 12.9. The predicted molar refractivity (Wildman–Crippen MR) is 217 cm³/mol. The molecule has 0 amide bonds. The number of aromatic nitrogens is 2. The average Bonchev–Trinajstić information content (AvgIpc) is 3.50. The number of hydrogen-bond acceptors (Lipinski definition) is 1. The van der Waals surface area contributed by atoms with E-state index in [9.17, 15) is 0 Å². The highest BCUT2D eigenvalue weighted by Gasteiger charge is 2.18. The third kappa shape index (κ3) is 5.16. The first-order chi connectivity index (χ1) is 24.6. The number of benzene rings is 8. The Morgan fingerprint density at radius 3 is 1.72 bits per heavy atom. The highest BCUT2D eigenvalue weighted by Crippen LogP contribution is 2.43. The maximum atomic E-state index is 5.05. The standard InChI is InChI=1S/C46H34N2.C2H6/c1-4-8-43-30(3)47-46(48(43)38-9-6-5-7-10-38)34-15-13-31(14-16-34)39-23-19-32-22-26-42-40(24-20-33-21-25-41(39)44(32)45(33)42)37-18-17-35-27-29(2)11-12-36(35)28-37;1-2/h4-28H,1-3H3;1-2H3/b8-4-;. The fourth-order valence-electron chi connectivity index (χ4n) is 7.56. The molecule has 0 aliphatic heterocycles. The van der Waals surface area contributed by atoms with Crippen LogP contribution in [0.3, 0.4) is 0 Å². The van der Waals surface area contributed by atoms with Crippen LogP contribution < -0.4 is 0 Å². The summed E-state index contributed by atoms with van der Waals surface area (Å²) in [5, 5.41) is 10.3. The minimum Gasteiger partial charge on any atom is -0.293 e. The van der Waals surface area contributed by atoms with Gasteiger partial charge in [0.1, 0.15) is 5.82 Å². The van der Waals surface area contributed by atoms with Crippen LogP contribution in [0.5, 0.6) is 0 Å². The number of aryl methyl sites for hydroxylation is 2. The molecule has 1 heterocycles. The first-order valence-electron chi connectivity index (χ1n) is 17.7. The van der Waals surface area contributed by atoms with Crippen molar-refractivity contribution in [3.05, 3.63) is 163 Å². The molecular formula is C48H40N2. The Kier molecular flexibility index (Phi) is 8.01. The monoisotopic (exact) mass is 644 g/mol. The van der Waals surface area contributed by atoms with Crippen LogP contribution in [0.15, 0.2) is 146 Å². The second-order valence-corrected chi connectivity index (χ2v) is 12.9. The predicted octanol–water partition coefficient (Wildman–Crippen LogP) is 13.6. The van der Waals surface area contributed by atoms with Crippen LogP contribution in [0.1, 0.15) is 37.7 Å². The summed E-state index contributed by atoms with van der Waals surface area (Å²) in [6, 6.07) is 51.3. The van der Waals surface area contributed by atoms with E-state index in [4.69, 9.17) is 4.98 Å². The number of rotatable bonds is 5. The van der Waals surface area contributed by atoms with Gasteiger partial charge in [0.05, 0.1) is 11.4 Å². The summed E-state index contributed by atoms with van der Waals surface area (Å²) in [5.74, 6) is 0.949. The van der Waals surface area contributed by atoms with Gasteiger partial charge in [0, 0.05) is 11.3 Å². The second kappa shape index (κ2) is 12.8. The molecule has 0 aliphatic carbocycles. The summed E-state index contributed by atoms with van der Waals surface area (Å²) < 4.78 is 2.26. The number of fused-ring (bicyclic) bond motifs is 1. The number of para-hydroxylation sites is 1. The molecule has 242 valence electrons. The highest BCUT2D eigenvalue weighted by atomic mass is 15.1. The van der Waals surface area contributed by atoms with Crippen molar-refractivity contribution in [3.63, 3.8) is 0 Å². The quantitative estimate of drug-likeness (QED) is 0.171. The van der Waals surface area contributed by atoms with E-state index in [2.05, 4.69) is 177 Å². The first-order valence-corrected chi connectivity index (χ1v) is 17.7. The lowest BCUT2D eigenvalue weighted by Crippen LogP contribution is -1.99. The van der Waals surface area contributed by atoms with Crippen molar-refractivity contribution in [1.29, 1.82) is 0 Å². The molecule has 9 aromatic rings. The number of imidazole rings is 1. The molecule has 1 aromatic heterocycles. The number of allylic oxidation sites excluding steroid dienone is 1. The van der Waals surface area contributed by atoms with E-state index >= 15 is 0 Å². The van der Waals surface area contributed by atoms with Crippen LogP contribution >= 0.6 is 0 Å². The van der Waals surface area contributed by atoms with Crippen molar-refractivity contribution < 1.29 is 0 Å². The van der Waals surface area contributed by atoms with Gasteiger partial charge in [-0.2, -0.15) is 0 Å². The van der Waals surface area contributed by atoms with Gasteiger partial charge in [-0.15, -0.1) is 0 Å². The van der Waals surface area contributed by atoms with Gasteiger partial charge in [-0.25, -0.2) is 4.98 Å². The average molecular weight is 645 g/mol. The molecule has 0 saturated heterocycles. The van der Waals surface area contributed by atoms with Gasteiger partial charge in [0.25, 0.3) is 0 Å². The number of nitrogens with zero attached hydrogens (tertiary/aromatic N) is 2. The van der Waals surface area contributed by atoms with Gasteiger partial charge < -0.3 is 0 Å². The van der Waals surface area contributed by atoms with Gasteiger partial charge in [-0.05, 0) is 110 Å². The molecule has 0 saturated carbocycles. The molecule has 0 radical (unpaired) electrons. The number of hydrogen-bond donors (Lipinski definition) is 0. The minimum absolute atomic E-state index is 0.949. The lowest BCUT2D eigenvalue weighted by Gasteiger charge is -2.17. The molecule has 0 fully saturated rings. The van der Waals surface area contributed by atoms with Crippen LogP contribution in [-0.4, -0.2) is 9.55 Å². The summed E-state index contributed by atoms with van der Waals surface area (Å²) in [6.45, 7) is 10.3. The van der Waals surface area contributed by atoms with E-state index in [1.54, 1.807) is 0 Å². The molecule has 9 rings (SSSR count). The van der Waals surface area contributed by atoms with Crippen molar-refractivity contribution in [1.82, 2.24) is 9.55 Å². The largest absolute Gasteiger partial charge is 0.293 e. The van der Waals surface area contributed by atoms with Crippen LogP contribution in [0.2, 0.25) is 0 Å². The Balaban J connectivity index is 0.00000177. The van der Waals surface area contributed by atoms with E-state index < -0.39 is 0 Å². The van der Waals surface area contributed by atoms with Gasteiger partial charge >= 0.3 is 0 Å². The van der Waals surface area contributed by atoms with Gasteiger partial charge in [0.15, 0.2) is 0 Å². The summed E-state index contributed by atoms with van der Waals surface area (Å²) >= 11 is 0. The topological polar surface area (TPSA) is 17.8 Å². The molecule has 0 bridgehead atoms. The summed E-state index contributed by atoms with van der Waals surface area (Å²) in [5.41, 5.74) is 10.6. The van der Waals surface area contributed by atoms with Gasteiger partial charge in [-0.3, -0.25) is 4.57 Å². The Morgan fingerprint density at radius 2 is 1.06 bits per heavy atom. The zero-order chi connectivity index (χ0) is 34.4. The first kappa shape index (κ1) is 31.3. The molecule has 0 atom stereocenters. The molecule has 2 heteroatoms. The summed E-state index contributed by atoms with van der Waals surface area (Å²) in [7, 11) is 0. The Hall–Kier alpha value is -5.99. The third-order valence-electron chi connectivity index (χ3n) is 9.86. The lowest BCUT2D eigenvalue weighted by molar-refractivity contribution is 1.05. The van der Waals surface area contributed by atoms with Crippen molar-refractivity contribution in [2.75, 3.05) is 0 Å². The molecular weight excluding hydrogens is 605 g/mol. The molecule has 50 heavy (non-hydrogen) atoms. The smallest absolute Gasteiger partial charge is 0.145 e. The van der Waals surface area contributed by atoms with Crippen molar-refractivity contribution in [2.24, 2.45) is 0 Å². The zero-order valence-electron chi connectivity index (χ0n) is 29.3. The van der Waals surface area contributed by atoms with Gasteiger partial charge in [0.2, 0.25) is 0 Å². The van der Waals surface area contributed by atoms with E-state index in [0.29, 0.717) is 0 Å². The van der Waals surface area contributed by atoms with Crippen molar-refractivity contribution in [3.8, 4) is 39.3 Å². The Labute approximate surface area is 294 Å². The normalized spacial score (nSPS) is 11.6. The van der Waals surface area contributed by atoms with Crippen LogP contribution in [0.25, 0.3) is 88.5 Å². The van der Waals surface area contributed by atoms with E-state index in [0.717, 1.165) is 28.5 Å². The maximum absolute atomic E-state index is 5.05. The van der Waals surface area contributed by atoms with Crippen LogP contribution in [0, 0.1) is 13.8 Å². The van der Waals surface area contributed by atoms with Gasteiger partial charge in [-0.1, -0.05) is 147 Å². The Morgan fingerprint density at radius 1 is 0.520 bits per heavy atom. The van der Waals surface area contributed by atoms with E-state index in [1.807, 2.05) is 13.8 Å². The fourth-order valence-corrected chi connectivity index (χ4v) is 7.56. The molecule has 0 N–H and O–H groups in total. The maximum Gasteiger partial charge on any atom is 0.145 e. The van der Waals surface area contributed by atoms with E-state index in [1.165, 1.54) is 70.9 Å². The zero-order valence-corrected chi connectivity index (χ0v) is 29.3. The summed E-state index contributed by atoms with van der Waals surface area (Å²) in [6.07, 6.45) is 4.22. The Bertz CT molecular complexity index is 2670. The molecule has 0 aliphatic rings. The van der Waals surface area contributed by atoms with Crippen molar-refractivity contribution >= 4 is 49.2 Å². The van der Waals surface area contributed by atoms with Crippen LogP contribution in [-0.2, 0) is 0 Å². The SMILES string of the molecule is C/C=C\c1c(C)nc(-c2ccc(-c3ccc4ccc5c(-c6ccc7cc(C)ccc7c6)ccc6ccc3c4c65)cc2)n1-c1ccccc1.CC. The van der Waals surface area contributed by atoms with E-state index in [-0.39, 0.29) is 0 Å². The minimum atomic E-state index is 0.949. The molecule has 8 aromatic carbocycles. The highest BCUT2D eigenvalue weighted by molar-refractivity contribution is 6.27. The fraction of sp³-hybridized carbons (Fsp3) is 0.104. The van der Waals surface area contributed by atoms with Crippen molar-refractivity contribution in [2.45, 2.75) is 34.6 Å². The van der Waals surface area contributed by atoms with Crippen LogP contribution in [0.4, 0.5) is 0 Å². The third-order valence-corrected chi connectivity index (χ3v) is 9.86. The molecule has 0 spiro atoms. The molecule has 2 nitrogen and oxygen atoms in total. The summed E-state index contributed by atoms with van der Waals surface area (Å²) in [4.78, 5) is 5.05. The molecule has 0 unspecified atom stereocenters. The lowest BCUT2D eigenvalue weighted by atomic mass is 9.87.